The normalized spacial score (nSPS) is 11.4. The highest BCUT2D eigenvalue weighted by Gasteiger charge is 2.02. The first-order valence-corrected chi connectivity index (χ1v) is 7.68. The van der Waals surface area contributed by atoms with Crippen molar-refractivity contribution in [2.75, 3.05) is 13.1 Å². The molecule has 1 N–H and O–H groups in total. The second kappa shape index (κ2) is 7.88. The van der Waals surface area contributed by atoms with E-state index in [-0.39, 0.29) is 0 Å². The summed E-state index contributed by atoms with van der Waals surface area (Å²) in [5.74, 6) is 0.770. The zero-order valence-electron chi connectivity index (χ0n) is 11.8. The van der Waals surface area contributed by atoms with Crippen LogP contribution in [0.5, 0.6) is 0 Å². The Morgan fingerprint density at radius 1 is 1.18 bits per heavy atom. The van der Waals surface area contributed by atoms with E-state index < -0.39 is 0 Å². The van der Waals surface area contributed by atoms with Crippen molar-refractivity contribution in [2.24, 2.45) is 5.92 Å². The summed E-state index contributed by atoms with van der Waals surface area (Å²) in [6.45, 7) is 11.3. The number of aryl methyl sites for hydroxylation is 3. The second-order valence-corrected chi connectivity index (χ2v) is 6.71. The maximum Gasteiger partial charge on any atom is 0.00772 e. The lowest BCUT2D eigenvalue weighted by Crippen LogP contribution is -2.20. The Morgan fingerprint density at radius 2 is 1.94 bits per heavy atom. The number of nitrogens with one attached hydrogen (secondary N) is 1. The molecule has 2 heteroatoms. The average molecular weight is 253 g/mol. The van der Waals surface area contributed by atoms with Gasteiger partial charge in [0.2, 0.25) is 0 Å². The maximum absolute atomic E-state index is 3.50. The van der Waals surface area contributed by atoms with E-state index in [0.29, 0.717) is 0 Å². The van der Waals surface area contributed by atoms with Crippen molar-refractivity contribution in [3.63, 3.8) is 0 Å². The van der Waals surface area contributed by atoms with Crippen LogP contribution in [0.15, 0.2) is 6.07 Å². The van der Waals surface area contributed by atoms with E-state index in [1.165, 1.54) is 42.7 Å². The van der Waals surface area contributed by atoms with E-state index in [2.05, 4.69) is 39.1 Å². The first kappa shape index (κ1) is 14.7. The van der Waals surface area contributed by atoms with Gasteiger partial charge in [-0.2, -0.15) is 0 Å². The van der Waals surface area contributed by atoms with E-state index in [1.807, 2.05) is 11.3 Å². The predicted molar refractivity (Wildman–Crippen MR) is 79.1 cm³/mol. The summed E-state index contributed by atoms with van der Waals surface area (Å²) in [4.78, 5) is 3.05. The van der Waals surface area contributed by atoms with Gasteiger partial charge in [-0.25, -0.2) is 0 Å². The smallest absolute Gasteiger partial charge is 0.00772 e. The average Bonchev–Trinajstić information content (AvgIpc) is 2.55. The molecule has 0 radical (unpaired) electrons. The van der Waals surface area contributed by atoms with Crippen molar-refractivity contribution >= 4 is 11.3 Å². The van der Waals surface area contributed by atoms with Crippen molar-refractivity contribution < 1.29 is 0 Å². The van der Waals surface area contributed by atoms with Crippen LogP contribution < -0.4 is 5.32 Å². The standard InChI is InChI=1S/C15H27NS/c1-12(2)11-16-9-7-5-6-8-15-13(3)10-14(4)17-15/h10,12,16H,5-9,11H2,1-4H3. The third-order valence-electron chi connectivity index (χ3n) is 2.95. The molecule has 1 aromatic rings. The van der Waals surface area contributed by atoms with Gasteiger partial charge < -0.3 is 5.32 Å². The summed E-state index contributed by atoms with van der Waals surface area (Å²) in [6, 6.07) is 2.31. The summed E-state index contributed by atoms with van der Waals surface area (Å²) in [6.07, 6.45) is 5.27. The van der Waals surface area contributed by atoms with Gasteiger partial charge in [0, 0.05) is 9.75 Å². The van der Waals surface area contributed by atoms with E-state index in [9.17, 15) is 0 Å². The molecule has 1 heterocycles. The Hall–Kier alpha value is -0.340. The van der Waals surface area contributed by atoms with Crippen LogP contribution in [-0.2, 0) is 6.42 Å². The summed E-state index contributed by atoms with van der Waals surface area (Å²) >= 11 is 1.97. The molecule has 0 spiro atoms. The lowest BCUT2D eigenvalue weighted by Gasteiger charge is -2.06. The molecule has 0 aliphatic rings. The lowest BCUT2D eigenvalue weighted by atomic mass is 10.1. The SMILES string of the molecule is Cc1cc(C)c(CCCCCNCC(C)C)s1. The molecule has 98 valence electrons. The fourth-order valence-electron chi connectivity index (χ4n) is 2.04. The molecule has 0 atom stereocenters. The Bertz CT molecular complexity index is 315. The summed E-state index contributed by atoms with van der Waals surface area (Å²) in [7, 11) is 0. The molecule has 0 saturated carbocycles. The molecule has 1 rings (SSSR count). The fourth-order valence-corrected chi connectivity index (χ4v) is 3.13. The van der Waals surface area contributed by atoms with E-state index in [1.54, 1.807) is 4.88 Å². The van der Waals surface area contributed by atoms with E-state index >= 15 is 0 Å². The molecule has 0 aromatic carbocycles. The molecule has 17 heavy (non-hydrogen) atoms. The molecule has 0 aliphatic heterocycles. The van der Waals surface area contributed by atoms with Crippen molar-refractivity contribution in [3.8, 4) is 0 Å². The first-order valence-electron chi connectivity index (χ1n) is 6.86. The van der Waals surface area contributed by atoms with Crippen LogP contribution in [0, 0.1) is 19.8 Å². The number of rotatable bonds is 8. The topological polar surface area (TPSA) is 12.0 Å². The Balaban J connectivity index is 2.03. The highest BCUT2D eigenvalue weighted by atomic mass is 32.1. The van der Waals surface area contributed by atoms with Crippen LogP contribution in [-0.4, -0.2) is 13.1 Å². The minimum atomic E-state index is 0.770. The van der Waals surface area contributed by atoms with Crippen molar-refractivity contribution in [2.45, 2.75) is 53.4 Å². The van der Waals surface area contributed by atoms with Gasteiger partial charge in [0.25, 0.3) is 0 Å². The molecule has 0 aliphatic carbocycles. The highest BCUT2D eigenvalue weighted by Crippen LogP contribution is 2.22. The van der Waals surface area contributed by atoms with Crippen LogP contribution in [0.1, 0.15) is 48.4 Å². The molecular weight excluding hydrogens is 226 g/mol. The van der Waals surface area contributed by atoms with Crippen LogP contribution in [0.3, 0.4) is 0 Å². The van der Waals surface area contributed by atoms with Crippen molar-refractivity contribution in [1.29, 1.82) is 0 Å². The van der Waals surface area contributed by atoms with Crippen LogP contribution >= 0.6 is 11.3 Å². The zero-order chi connectivity index (χ0) is 12.7. The van der Waals surface area contributed by atoms with Gasteiger partial charge in [0.1, 0.15) is 0 Å². The van der Waals surface area contributed by atoms with E-state index in [0.717, 1.165) is 12.5 Å². The van der Waals surface area contributed by atoms with Gasteiger partial charge in [-0.05, 0) is 63.7 Å². The third kappa shape index (κ3) is 6.23. The largest absolute Gasteiger partial charge is 0.316 e. The van der Waals surface area contributed by atoms with Gasteiger partial charge in [0.15, 0.2) is 0 Å². The number of hydrogen-bond donors (Lipinski definition) is 1. The molecule has 0 bridgehead atoms. The van der Waals surface area contributed by atoms with Gasteiger partial charge in [0.05, 0.1) is 0 Å². The first-order chi connectivity index (χ1) is 8.09. The van der Waals surface area contributed by atoms with Crippen LogP contribution in [0.25, 0.3) is 0 Å². The zero-order valence-corrected chi connectivity index (χ0v) is 12.6. The highest BCUT2D eigenvalue weighted by molar-refractivity contribution is 7.12. The Labute approximate surface area is 111 Å². The summed E-state index contributed by atoms with van der Waals surface area (Å²) in [5, 5.41) is 3.50. The Morgan fingerprint density at radius 3 is 2.53 bits per heavy atom. The van der Waals surface area contributed by atoms with Crippen LogP contribution in [0.4, 0.5) is 0 Å². The predicted octanol–water partition coefficient (Wildman–Crippen LogP) is 4.32. The third-order valence-corrected chi connectivity index (χ3v) is 4.17. The molecular formula is C15H27NS. The van der Waals surface area contributed by atoms with Gasteiger partial charge in [-0.3, -0.25) is 0 Å². The molecule has 1 nitrogen and oxygen atoms in total. The molecule has 0 amide bonds. The molecule has 1 aromatic heterocycles. The maximum atomic E-state index is 3.50. The van der Waals surface area contributed by atoms with Gasteiger partial charge >= 0.3 is 0 Å². The van der Waals surface area contributed by atoms with Crippen molar-refractivity contribution in [3.05, 3.63) is 21.4 Å². The van der Waals surface area contributed by atoms with Gasteiger partial charge in [-0.15, -0.1) is 11.3 Å². The summed E-state index contributed by atoms with van der Waals surface area (Å²) in [5.41, 5.74) is 1.49. The van der Waals surface area contributed by atoms with Crippen LogP contribution in [0.2, 0.25) is 0 Å². The van der Waals surface area contributed by atoms with Gasteiger partial charge in [-0.1, -0.05) is 20.3 Å². The second-order valence-electron chi connectivity index (χ2n) is 5.37. The van der Waals surface area contributed by atoms with Crippen molar-refractivity contribution in [1.82, 2.24) is 5.32 Å². The summed E-state index contributed by atoms with van der Waals surface area (Å²) < 4.78 is 0. The fraction of sp³-hybridized carbons (Fsp3) is 0.733. The quantitative estimate of drug-likeness (QED) is 0.680. The molecule has 0 unspecified atom stereocenters. The lowest BCUT2D eigenvalue weighted by molar-refractivity contribution is 0.530. The number of hydrogen-bond acceptors (Lipinski definition) is 2. The molecule has 0 fully saturated rings. The number of thiophene rings is 1. The number of unbranched alkanes of at least 4 members (excludes halogenated alkanes) is 2. The monoisotopic (exact) mass is 253 g/mol. The minimum absolute atomic E-state index is 0.770. The van der Waals surface area contributed by atoms with E-state index in [4.69, 9.17) is 0 Å². The Kier molecular flexibility index (Phi) is 6.83. The minimum Gasteiger partial charge on any atom is -0.316 e. The molecule has 0 saturated heterocycles.